The van der Waals surface area contributed by atoms with Gasteiger partial charge in [0.1, 0.15) is 12.3 Å². The second-order valence-electron chi connectivity index (χ2n) is 5.41. The predicted octanol–water partition coefficient (Wildman–Crippen LogP) is 1.06. The number of nitrogens with two attached hydrogens (primary N) is 1. The van der Waals surface area contributed by atoms with Gasteiger partial charge in [-0.2, -0.15) is 0 Å². The Bertz CT molecular complexity index is 761. The molecule has 1 aliphatic heterocycles. The summed E-state index contributed by atoms with van der Waals surface area (Å²) < 4.78 is 5.16. The average molecular weight is 326 g/mol. The Balaban J connectivity index is 1.88. The molecule has 3 N–H and O–H groups in total. The van der Waals surface area contributed by atoms with E-state index in [-0.39, 0.29) is 12.5 Å². The molecule has 2 amide bonds. The van der Waals surface area contributed by atoms with E-state index >= 15 is 0 Å². The van der Waals surface area contributed by atoms with Crippen molar-refractivity contribution in [3.8, 4) is 5.75 Å². The number of fused-ring (bicyclic) bond motifs is 1. The number of hydrazine groups is 2. The van der Waals surface area contributed by atoms with E-state index in [0.717, 1.165) is 17.0 Å². The number of primary amides is 1. The van der Waals surface area contributed by atoms with Gasteiger partial charge >= 0.3 is 0 Å². The third kappa shape index (κ3) is 3.16. The number of carbonyl (C=O) groups excluding carboxylic acids is 2. The zero-order valence-corrected chi connectivity index (χ0v) is 13.2. The summed E-state index contributed by atoms with van der Waals surface area (Å²) >= 11 is 0. The molecule has 7 nitrogen and oxygen atoms in total. The van der Waals surface area contributed by atoms with E-state index in [1.54, 1.807) is 19.2 Å². The SMILES string of the molecule is COc1ccc(CN2NN(CC(N)=O)C(=O)c3ccccc32)cc1. The minimum Gasteiger partial charge on any atom is -0.497 e. The Hall–Kier alpha value is -3.06. The molecule has 2 aromatic carbocycles. The fourth-order valence-electron chi connectivity index (χ4n) is 2.58. The van der Waals surface area contributed by atoms with E-state index in [9.17, 15) is 9.59 Å². The predicted molar refractivity (Wildman–Crippen MR) is 89.0 cm³/mol. The van der Waals surface area contributed by atoms with Crippen LogP contribution in [0, 0.1) is 0 Å². The molecule has 0 bridgehead atoms. The zero-order valence-electron chi connectivity index (χ0n) is 13.2. The molecule has 0 spiro atoms. The van der Waals surface area contributed by atoms with Crippen LogP contribution in [0.4, 0.5) is 5.69 Å². The summed E-state index contributed by atoms with van der Waals surface area (Å²) in [5, 5.41) is 3.02. The van der Waals surface area contributed by atoms with Crippen molar-refractivity contribution in [2.45, 2.75) is 6.54 Å². The first-order valence-electron chi connectivity index (χ1n) is 7.44. The molecule has 0 saturated heterocycles. The normalized spacial score (nSPS) is 13.6. The molecule has 0 atom stereocenters. The smallest absolute Gasteiger partial charge is 0.272 e. The second kappa shape index (κ2) is 6.59. The van der Waals surface area contributed by atoms with Crippen molar-refractivity contribution in [2.24, 2.45) is 5.73 Å². The van der Waals surface area contributed by atoms with Crippen LogP contribution in [0.3, 0.4) is 0 Å². The van der Waals surface area contributed by atoms with Crippen molar-refractivity contribution in [1.29, 1.82) is 0 Å². The van der Waals surface area contributed by atoms with Crippen LogP contribution in [0.25, 0.3) is 0 Å². The van der Waals surface area contributed by atoms with Gasteiger partial charge in [0.15, 0.2) is 0 Å². The lowest BCUT2D eigenvalue weighted by Crippen LogP contribution is -2.58. The molecule has 3 rings (SSSR count). The lowest BCUT2D eigenvalue weighted by atomic mass is 10.1. The third-order valence-electron chi connectivity index (χ3n) is 3.73. The maximum absolute atomic E-state index is 12.4. The highest BCUT2D eigenvalue weighted by Gasteiger charge is 2.29. The van der Waals surface area contributed by atoms with Gasteiger partial charge in [-0.05, 0) is 29.8 Å². The van der Waals surface area contributed by atoms with Gasteiger partial charge in [0, 0.05) is 0 Å². The van der Waals surface area contributed by atoms with Gasteiger partial charge < -0.3 is 10.5 Å². The van der Waals surface area contributed by atoms with Crippen LogP contribution in [0.1, 0.15) is 15.9 Å². The van der Waals surface area contributed by atoms with Crippen molar-refractivity contribution < 1.29 is 14.3 Å². The van der Waals surface area contributed by atoms with E-state index in [1.807, 2.05) is 41.4 Å². The Morgan fingerprint density at radius 2 is 1.83 bits per heavy atom. The zero-order chi connectivity index (χ0) is 17.1. The van der Waals surface area contributed by atoms with Gasteiger partial charge in [-0.1, -0.05) is 24.3 Å². The molecule has 0 unspecified atom stereocenters. The van der Waals surface area contributed by atoms with E-state index in [2.05, 4.69) is 5.53 Å². The summed E-state index contributed by atoms with van der Waals surface area (Å²) in [5.41, 5.74) is 10.5. The molecule has 1 aliphatic rings. The number of ether oxygens (including phenoxy) is 1. The maximum atomic E-state index is 12.4. The maximum Gasteiger partial charge on any atom is 0.272 e. The fraction of sp³-hybridized carbons (Fsp3) is 0.176. The van der Waals surface area contributed by atoms with Crippen LogP contribution < -0.4 is 21.0 Å². The molecule has 1 heterocycles. The first kappa shape index (κ1) is 15.8. The summed E-state index contributed by atoms with van der Waals surface area (Å²) in [6.07, 6.45) is 0. The highest BCUT2D eigenvalue weighted by Crippen LogP contribution is 2.26. The van der Waals surface area contributed by atoms with Crippen molar-refractivity contribution in [2.75, 3.05) is 18.7 Å². The molecule has 124 valence electrons. The second-order valence-corrected chi connectivity index (χ2v) is 5.41. The third-order valence-corrected chi connectivity index (χ3v) is 3.73. The molecule has 7 heteroatoms. The van der Waals surface area contributed by atoms with E-state index in [1.165, 1.54) is 5.01 Å². The lowest BCUT2D eigenvalue weighted by Gasteiger charge is -2.38. The van der Waals surface area contributed by atoms with Gasteiger partial charge in [0.2, 0.25) is 5.91 Å². The molecule has 0 radical (unpaired) electrons. The van der Waals surface area contributed by atoms with Crippen molar-refractivity contribution >= 4 is 17.5 Å². The van der Waals surface area contributed by atoms with Crippen LogP contribution in [0.15, 0.2) is 48.5 Å². The Morgan fingerprint density at radius 3 is 2.50 bits per heavy atom. The summed E-state index contributed by atoms with van der Waals surface area (Å²) in [6, 6.07) is 14.9. The van der Waals surface area contributed by atoms with Gasteiger partial charge in [0.05, 0.1) is 24.9 Å². The number of anilines is 1. The van der Waals surface area contributed by atoms with Crippen LogP contribution in [-0.4, -0.2) is 30.5 Å². The van der Waals surface area contributed by atoms with E-state index < -0.39 is 5.91 Å². The van der Waals surface area contributed by atoms with Gasteiger partial charge in [-0.3, -0.25) is 14.6 Å². The number of hydrogen-bond donors (Lipinski definition) is 2. The molecular formula is C17H18N4O3. The van der Waals surface area contributed by atoms with Crippen LogP contribution in [-0.2, 0) is 11.3 Å². The quantitative estimate of drug-likeness (QED) is 0.858. The number of nitrogens with zero attached hydrogens (tertiary/aromatic N) is 2. The van der Waals surface area contributed by atoms with E-state index in [0.29, 0.717) is 12.1 Å². The highest BCUT2D eigenvalue weighted by molar-refractivity contribution is 6.02. The largest absolute Gasteiger partial charge is 0.497 e. The molecule has 0 fully saturated rings. The lowest BCUT2D eigenvalue weighted by molar-refractivity contribution is -0.119. The summed E-state index contributed by atoms with van der Waals surface area (Å²) in [4.78, 5) is 23.7. The Morgan fingerprint density at radius 1 is 1.12 bits per heavy atom. The first-order chi connectivity index (χ1) is 11.6. The molecule has 24 heavy (non-hydrogen) atoms. The molecule has 2 aromatic rings. The number of para-hydroxylation sites is 1. The monoisotopic (exact) mass is 326 g/mol. The summed E-state index contributed by atoms with van der Waals surface area (Å²) in [5.74, 6) is -0.0914. The molecule has 0 saturated carbocycles. The highest BCUT2D eigenvalue weighted by atomic mass is 16.5. The Labute approximate surface area is 139 Å². The standard InChI is InChI=1S/C17H18N4O3/c1-24-13-8-6-12(7-9-13)10-20-15-5-3-2-4-14(15)17(23)21(19-20)11-16(18)22/h2-9,19H,10-11H2,1H3,(H2,18,22). The number of rotatable bonds is 5. The average Bonchev–Trinajstić information content (AvgIpc) is 2.59. The molecule has 0 aromatic heterocycles. The Kier molecular flexibility index (Phi) is 4.35. The topological polar surface area (TPSA) is 87.9 Å². The van der Waals surface area contributed by atoms with Crippen LogP contribution >= 0.6 is 0 Å². The number of nitrogens with one attached hydrogen (secondary N) is 1. The number of carbonyl (C=O) groups is 2. The summed E-state index contributed by atoms with van der Waals surface area (Å²) in [6.45, 7) is 0.301. The minimum absolute atomic E-state index is 0.202. The van der Waals surface area contributed by atoms with Gasteiger partial charge in [-0.15, -0.1) is 5.53 Å². The minimum atomic E-state index is -0.584. The van der Waals surface area contributed by atoms with Crippen molar-refractivity contribution in [3.63, 3.8) is 0 Å². The van der Waals surface area contributed by atoms with Crippen molar-refractivity contribution in [1.82, 2.24) is 10.5 Å². The van der Waals surface area contributed by atoms with Crippen LogP contribution in [0.5, 0.6) is 5.75 Å². The molecule has 0 aliphatic carbocycles. The summed E-state index contributed by atoms with van der Waals surface area (Å²) in [7, 11) is 1.62. The first-order valence-corrected chi connectivity index (χ1v) is 7.44. The van der Waals surface area contributed by atoms with Crippen LogP contribution in [0.2, 0.25) is 0 Å². The number of amides is 2. The number of methoxy groups -OCH3 is 1. The van der Waals surface area contributed by atoms with Crippen molar-refractivity contribution in [3.05, 3.63) is 59.7 Å². The number of benzene rings is 2. The number of hydrogen-bond acceptors (Lipinski definition) is 5. The molecular weight excluding hydrogens is 308 g/mol. The van der Waals surface area contributed by atoms with Gasteiger partial charge in [-0.25, -0.2) is 5.01 Å². The van der Waals surface area contributed by atoms with Gasteiger partial charge in [0.25, 0.3) is 5.91 Å². The fourth-order valence-corrected chi connectivity index (χ4v) is 2.58. The van der Waals surface area contributed by atoms with E-state index in [4.69, 9.17) is 10.5 Å².